The Morgan fingerprint density at radius 2 is 2.13 bits per heavy atom. The molecule has 3 N–H and O–H groups in total. The predicted molar refractivity (Wildman–Crippen MR) is 56.6 cm³/mol. The van der Waals surface area contributed by atoms with Crippen LogP contribution in [0, 0.1) is 5.82 Å². The summed E-state index contributed by atoms with van der Waals surface area (Å²) >= 11 is 5.71. The van der Waals surface area contributed by atoms with Gasteiger partial charge in [0.15, 0.2) is 0 Å². The highest BCUT2D eigenvalue weighted by Crippen LogP contribution is 2.30. The minimum atomic E-state index is -1.07. The molecule has 0 heterocycles. The number of aliphatic hydroxyl groups excluding tert-OH is 1. The monoisotopic (exact) mass is 233 g/mol. The molecule has 0 aliphatic rings. The zero-order valence-corrected chi connectivity index (χ0v) is 9.25. The normalized spacial score (nSPS) is 14.8. The second-order valence-electron chi connectivity index (χ2n) is 3.31. The summed E-state index contributed by atoms with van der Waals surface area (Å²) in [6, 6.07) is 1.89. The Morgan fingerprint density at radius 3 is 2.60 bits per heavy atom. The number of hydrogen-bond acceptors (Lipinski definition) is 3. The summed E-state index contributed by atoms with van der Waals surface area (Å²) in [6.45, 7) is 1.59. The molecular formula is C10H13ClFNO2. The number of hydrogen-bond donors (Lipinski definition) is 2. The maximum atomic E-state index is 13.4. The van der Waals surface area contributed by atoms with E-state index < -0.39 is 18.0 Å². The van der Waals surface area contributed by atoms with E-state index in [0.717, 1.165) is 6.07 Å². The highest BCUT2D eigenvalue weighted by Gasteiger charge is 2.19. The molecule has 0 radical (unpaired) electrons. The van der Waals surface area contributed by atoms with Gasteiger partial charge in [-0.1, -0.05) is 11.6 Å². The van der Waals surface area contributed by atoms with Gasteiger partial charge in [-0.3, -0.25) is 0 Å². The lowest BCUT2D eigenvalue weighted by Crippen LogP contribution is -2.25. The van der Waals surface area contributed by atoms with Gasteiger partial charge in [0.1, 0.15) is 11.6 Å². The third-order valence-corrected chi connectivity index (χ3v) is 2.38. The van der Waals surface area contributed by atoms with Crippen molar-refractivity contribution >= 4 is 11.6 Å². The Bertz CT molecular complexity index is 358. The number of benzene rings is 1. The average Bonchev–Trinajstić information content (AvgIpc) is 2.17. The molecule has 1 aromatic rings. The molecule has 15 heavy (non-hydrogen) atoms. The summed E-state index contributed by atoms with van der Waals surface area (Å²) in [5.74, 6) is -0.279. The molecule has 0 saturated carbocycles. The molecule has 0 fully saturated rings. The summed E-state index contributed by atoms with van der Waals surface area (Å²) < 4.78 is 18.3. The van der Waals surface area contributed by atoms with Crippen LogP contribution in [0.1, 0.15) is 18.6 Å². The zero-order valence-electron chi connectivity index (χ0n) is 8.50. The average molecular weight is 234 g/mol. The minimum absolute atomic E-state index is 0.0891. The molecular weight excluding hydrogens is 221 g/mol. The molecule has 3 nitrogen and oxygen atoms in total. The molecule has 0 aliphatic carbocycles. The third-order valence-electron chi connectivity index (χ3n) is 2.09. The van der Waals surface area contributed by atoms with Crippen LogP contribution in [-0.4, -0.2) is 18.3 Å². The maximum Gasteiger partial charge on any atom is 0.138 e. The van der Waals surface area contributed by atoms with Gasteiger partial charge in [0, 0.05) is 11.6 Å². The molecule has 84 valence electrons. The largest absolute Gasteiger partial charge is 0.495 e. The van der Waals surface area contributed by atoms with Crippen LogP contribution in [-0.2, 0) is 0 Å². The molecule has 0 bridgehead atoms. The first-order valence-corrected chi connectivity index (χ1v) is 4.81. The minimum Gasteiger partial charge on any atom is -0.495 e. The summed E-state index contributed by atoms with van der Waals surface area (Å²) in [5, 5.41) is 9.79. The predicted octanol–water partition coefficient (Wildman–Crippen LogP) is 1.87. The van der Waals surface area contributed by atoms with E-state index >= 15 is 0 Å². The van der Waals surface area contributed by atoms with Crippen LogP contribution in [0.25, 0.3) is 0 Å². The van der Waals surface area contributed by atoms with E-state index in [9.17, 15) is 9.50 Å². The van der Waals surface area contributed by atoms with Crippen molar-refractivity contribution in [3.63, 3.8) is 0 Å². The van der Waals surface area contributed by atoms with E-state index in [1.165, 1.54) is 13.2 Å². The molecule has 5 heteroatoms. The third kappa shape index (κ3) is 2.59. The molecule has 0 unspecified atom stereocenters. The van der Waals surface area contributed by atoms with Crippen molar-refractivity contribution in [1.29, 1.82) is 0 Å². The van der Waals surface area contributed by atoms with E-state index in [1.54, 1.807) is 6.92 Å². The summed E-state index contributed by atoms with van der Waals surface area (Å²) in [5.41, 5.74) is 5.57. The van der Waals surface area contributed by atoms with Crippen molar-refractivity contribution in [1.82, 2.24) is 0 Å². The van der Waals surface area contributed by atoms with Crippen LogP contribution in [0.15, 0.2) is 12.1 Å². The van der Waals surface area contributed by atoms with Gasteiger partial charge in [-0.25, -0.2) is 4.39 Å². The first kappa shape index (κ1) is 12.2. The summed E-state index contributed by atoms with van der Waals surface area (Å²) in [7, 11) is 1.42. The van der Waals surface area contributed by atoms with Gasteiger partial charge in [0.25, 0.3) is 0 Å². The molecule has 0 aliphatic heterocycles. The standard InChI is InChI=1S/C10H13ClFNO2/c1-5(13)10(14)6-3-9(15-2)7(11)4-8(6)12/h3-5,10,14H,13H2,1-2H3/t5-,10-/m1/s1. The van der Waals surface area contributed by atoms with E-state index in [2.05, 4.69) is 0 Å². The molecule has 0 aromatic heterocycles. The van der Waals surface area contributed by atoms with Crippen molar-refractivity contribution in [3.05, 3.63) is 28.5 Å². The van der Waals surface area contributed by atoms with Crippen LogP contribution < -0.4 is 10.5 Å². The van der Waals surface area contributed by atoms with Crippen LogP contribution in [0.5, 0.6) is 5.75 Å². The molecule has 2 atom stereocenters. The zero-order chi connectivity index (χ0) is 11.6. The highest BCUT2D eigenvalue weighted by molar-refractivity contribution is 6.32. The van der Waals surface area contributed by atoms with Crippen LogP contribution >= 0.6 is 11.6 Å². The second kappa shape index (κ2) is 4.79. The van der Waals surface area contributed by atoms with Crippen molar-refractivity contribution in [3.8, 4) is 5.75 Å². The smallest absolute Gasteiger partial charge is 0.138 e. The van der Waals surface area contributed by atoms with Crippen LogP contribution in [0.3, 0.4) is 0 Å². The topological polar surface area (TPSA) is 55.5 Å². The Kier molecular flexibility index (Phi) is 3.90. The lowest BCUT2D eigenvalue weighted by Gasteiger charge is -2.16. The number of rotatable bonds is 3. The summed E-state index contributed by atoms with van der Waals surface area (Å²) in [6.07, 6.45) is -1.07. The SMILES string of the molecule is COc1cc([C@H](O)[C@@H](C)N)c(F)cc1Cl. The van der Waals surface area contributed by atoms with Gasteiger partial charge in [-0.2, -0.15) is 0 Å². The van der Waals surface area contributed by atoms with Crippen molar-refractivity contribution < 1.29 is 14.2 Å². The van der Waals surface area contributed by atoms with Crippen molar-refractivity contribution in [2.75, 3.05) is 7.11 Å². The van der Waals surface area contributed by atoms with Crippen LogP contribution in [0.4, 0.5) is 4.39 Å². The van der Waals surface area contributed by atoms with E-state index in [-0.39, 0.29) is 10.6 Å². The molecule has 0 spiro atoms. The number of ether oxygens (including phenoxy) is 1. The Morgan fingerprint density at radius 1 is 1.53 bits per heavy atom. The Balaban J connectivity index is 3.18. The second-order valence-corrected chi connectivity index (χ2v) is 3.72. The number of methoxy groups -OCH3 is 1. The fraction of sp³-hybridized carbons (Fsp3) is 0.400. The highest BCUT2D eigenvalue weighted by atomic mass is 35.5. The maximum absolute atomic E-state index is 13.4. The van der Waals surface area contributed by atoms with Crippen LogP contribution in [0.2, 0.25) is 5.02 Å². The van der Waals surface area contributed by atoms with Gasteiger partial charge in [-0.05, 0) is 19.1 Å². The molecule has 1 aromatic carbocycles. The fourth-order valence-corrected chi connectivity index (χ4v) is 1.44. The number of halogens is 2. The quantitative estimate of drug-likeness (QED) is 0.838. The number of aliphatic hydroxyl groups is 1. The summed E-state index contributed by atoms with van der Waals surface area (Å²) in [4.78, 5) is 0. The molecule has 1 rings (SSSR count). The number of nitrogens with two attached hydrogens (primary N) is 1. The Labute approximate surface area is 92.6 Å². The van der Waals surface area contributed by atoms with Gasteiger partial charge >= 0.3 is 0 Å². The van der Waals surface area contributed by atoms with Gasteiger partial charge in [0.2, 0.25) is 0 Å². The molecule has 0 amide bonds. The lowest BCUT2D eigenvalue weighted by molar-refractivity contribution is 0.148. The Hall–Kier alpha value is -0.840. The van der Waals surface area contributed by atoms with Gasteiger partial charge in [-0.15, -0.1) is 0 Å². The van der Waals surface area contributed by atoms with Gasteiger partial charge < -0.3 is 15.6 Å². The first-order valence-electron chi connectivity index (χ1n) is 4.44. The van der Waals surface area contributed by atoms with E-state index in [0.29, 0.717) is 5.75 Å². The fourth-order valence-electron chi connectivity index (χ4n) is 1.21. The first-order chi connectivity index (χ1) is 6.97. The molecule has 0 saturated heterocycles. The van der Waals surface area contributed by atoms with Crippen molar-refractivity contribution in [2.24, 2.45) is 5.73 Å². The van der Waals surface area contributed by atoms with Crippen molar-refractivity contribution in [2.45, 2.75) is 19.1 Å². The van der Waals surface area contributed by atoms with E-state index in [1.807, 2.05) is 0 Å². The van der Waals surface area contributed by atoms with E-state index in [4.69, 9.17) is 22.1 Å². The lowest BCUT2D eigenvalue weighted by atomic mass is 10.0. The van der Waals surface area contributed by atoms with Gasteiger partial charge in [0.05, 0.1) is 18.2 Å².